The Bertz CT molecular complexity index is 612. The highest BCUT2D eigenvalue weighted by Gasteiger charge is 2.25. The van der Waals surface area contributed by atoms with E-state index < -0.39 is 39.7 Å². The number of alkyl halides is 1. The summed E-state index contributed by atoms with van der Waals surface area (Å²) in [4.78, 5) is 57.7. The molecule has 0 saturated carbocycles. The summed E-state index contributed by atoms with van der Waals surface area (Å²) in [6.45, 7) is 7.39. The topological polar surface area (TPSA) is 152 Å². The van der Waals surface area contributed by atoms with E-state index in [0.717, 1.165) is 0 Å². The Morgan fingerprint density at radius 3 is 1.66 bits per heavy atom. The fraction of sp³-hybridized carbons (Fsp3) is 0.706. The van der Waals surface area contributed by atoms with Gasteiger partial charge in [0.15, 0.2) is 0 Å². The summed E-state index contributed by atoms with van der Waals surface area (Å²) in [7, 11) is 0. The smallest absolute Gasteiger partial charge is 0.408 e. The van der Waals surface area contributed by atoms with Crippen LogP contribution in [0.2, 0.25) is 0 Å². The van der Waals surface area contributed by atoms with E-state index in [4.69, 9.17) is 9.47 Å². The average Bonchev–Trinajstić information content (AvgIpc) is 2.57. The van der Waals surface area contributed by atoms with Gasteiger partial charge in [-0.1, -0.05) is 15.9 Å². The van der Waals surface area contributed by atoms with Crippen LogP contribution in [0, 0.1) is 0 Å². The minimum atomic E-state index is -0.808. The highest BCUT2D eigenvalue weighted by Crippen LogP contribution is 2.17. The van der Waals surface area contributed by atoms with Gasteiger partial charge >= 0.3 is 12.1 Å². The molecule has 0 spiro atoms. The molecule has 12 heteroatoms. The molecule has 0 aromatic carbocycles. The predicted octanol–water partition coefficient (Wildman–Crippen LogP) is -0.424. The van der Waals surface area contributed by atoms with Crippen LogP contribution in [0.25, 0.3) is 0 Å². The van der Waals surface area contributed by atoms with Gasteiger partial charge in [0, 0.05) is 0 Å². The molecule has 0 unspecified atom stereocenters. The molecule has 4 amide bonds. The molecule has 0 rings (SSSR count). The van der Waals surface area contributed by atoms with E-state index in [-0.39, 0.29) is 32.8 Å². The van der Waals surface area contributed by atoms with Crippen molar-refractivity contribution < 1.29 is 33.4 Å². The number of carbonyl (C=O) groups is 5. The summed E-state index contributed by atoms with van der Waals surface area (Å²) in [5, 5.41) is 9.32. The molecule has 0 aromatic heterocycles. The van der Waals surface area contributed by atoms with Gasteiger partial charge in [-0.05, 0) is 34.6 Å². The number of alkyl carbamates (subject to hydrolysis) is 1. The molecule has 0 atom stereocenters. The average molecular weight is 481 g/mol. The van der Waals surface area contributed by atoms with Crippen LogP contribution in [0.4, 0.5) is 4.79 Å². The van der Waals surface area contributed by atoms with Gasteiger partial charge in [0.05, 0.1) is 19.6 Å². The van der Waals surface area contributed by atoms with Crippen molar-refractivity contribution in [3.63, 3.8) is 0 Å². The lowest BCUT2D eigenvalue weighted by Crippen LogP contribution is -2.45. The van der Waals surface area contributed by atoms with Crippen molar-refractivity contribution in [3.05, 3.63) is 0 Å². The lowest BCUT2D eigenvalue weighted by molar-refractivity contribution is -0.145. The summed E-state index contributed by atoms with van der Waals surface area (Å²) in [5.41, 5.74) is -0.687. The van der Waals surface area contributed by atoms with E-state index in [9.17, 15) is 24.0 Å². The number of hydrogen-bond donors (Lipinski definition) is 4. The van der Waals surface area contributed by atoms with E-state index in [1.54, 1.807) is 34.6 Å². The number of esters is 1. The van der Waals surface area contributed by atoms with Crippen LogP contribution < -0.4 is 21.3 Å². The first kappa shape index (κ1) is 26.6. The van der Waals surface area contributed by atoms with Gasteiger partial charge < -0.3 is 30.7 Å². The monoisotopic (exact) mass is 480 g/mol. The lowest BCUT2D eigenvalue weighted by atomic mass is 10.2. The number of rotatable bonds is 10. The van der Waals surface area contributed by atoms with Crippen LogP contribution in [-0.4, -0.2) is 72.5 Å². The van der Waals surface area contributed by atoms with Gasteiger partial charge in [-0.25, -0.2) is 4.79 Å². The predicted molar refractivity (Wildman–Crippen MR) is 107 cm³/mol. The maximum absolute atomic E-state index is 11.6. The second kappa shape index (κ2) is 12.2. The largest absolute Gasteiger partial charge is 0.463 e. The molecular formula is C17H29BrN4O7. The zero-order chi connectivity index (χ0) is 22.7. The molecule has 0 radical (unpaired) electrons. The van der Waals surface area contributed by atoms with Crippen LogP contribution in [0.3, 0.4) is 0 Å². The third-order valence-corrected chi connectivity index (χ3v) is 3.15. The first-order valence-corrected chi connectivity index (χ1v) is 9.63. The highest BCUT2D eigenvalue weighted by atomic mass is 79.9. The van der Waals surface area contributed by atoms with E-state index >= 15 is 0 Å². The van der Waals surface area contributed by atoms with Crippen molar-refractivity contribution in [2.24, 2.45) is 0 Å². The number of nitrogens with one attached hydrogen (secondary N) is 4. The lowest BCUT2D eigenvalue weighted by Gasteiger charge is -2.19. The minimum absolute atomic E-state index is 0.00570. The van der Waals surface area contributed by atoms with Crippen LogP contribution in [0.15, 0.2) is 0 Å². The maximum Gasteiger partial charge on any atom is 0.408 e. The van der Waals surface area contributed by atoms with Crippen LogP contribution in [-0.2, 0) is 28.7 Å². The third-order valence-electron chi connectivity index (χ3n) is 2.83. The fourth-order valence-corrected chi connectivity index (χ4v) is 1.63. The Morgan fingerprint density at radius 1 is 0.759 bits per heavy atom. The van der Waals surface area contributed by atoms with Crippen LogP contribution >= 0.6 is 15.9 Å². The molecule has 166 valence electrons. The van der Waals surface area contributed by atoms with Crippen molar-refractivity contribution in [1.82, 2.24) is 21.3 Å². The van der Waals surface area contributed by atoms with E-state index in [1.165, 1.54) is 0 Å². The molecule has 0 saturated heterocycles. The van der Waals surface area contributed by atoms with Crippen molar-refractivity contribution in [2.75, 3.05) is 32.8 Å². The Hall–Kier alpha value is -2.37. The van der Waals surface area contributed by atoms with Gasteiger partial charge in [-0.15, -0.1) is 0 Å². The third kappa shape index (κ3) is 15.3. The Labute approximate surface area is 178 Å². The number of halogens is 1. The normalized spacial score (nSPS) is 11.1. The Kier molecular flexibility index (Phi) is 11.2. The Morgan fingerprint density at radius 2 is 1.21 bits per heavy atom. The molecule has 0 heterocycles. The number of amides is 4. The van der Waals surface area contributed by atoms with Crippen molar-refractivity contribution >= 4 is 45.7 Å². The molecule has 11 nitrogen and oxygen atoms in total. The van der Waals surface area contributed by atoms with Gasteiger partial charge in [0.1, 0.15) is 23.1 Å². The van der Waals surface area contributed by atoms with Gasteiger partial charge in [-0.2, -0.15) is 0 Å². The summed E-state index contributed by atoms with van der Waals surface area (Å²) >= 11 is 3.15. The molecule has 0 bridgehead atoms. The molecule has 0 aliphatic rings. The maximum atomic E-state index is 11.6. The van der Waals surface area contributed by atoms with Crippen molar-refractivity contribution in [3.8, 4) is 0 Å². The molecule has 29 heavy (non-hydrogen) atoms. The summed E-state index contributed by atoms with van der Waals surface area (Å²) in [6.07, 6.45) is -0.751. The number of hydrogen-bond acceptors (Lipinski definition) is 7. The molecule has 4 N–H and O–H groups in total. The van der Waals surface area contributed by atoms with Crippen molar-refractivity contribution in [1.29, 1.82) is 0 Å². The van der Waals surface area contributed by atoms with E-state index in [1.807, 2.05) is 0 Å². The van der Waals surface area contributed by atoms with E-state index in [2.05, 4.69) is 37.2 Å². The zero-order valence-corrected chi connectivity index (χ0v) is 18.9. The Balaban J connectivity index is 3.87. The standard InChI is InChI=1S/C17H29BrN4O7/c1-16(2,3)29-15(27)22-10-13(25)21-9-12(24)20-8-11(23)19-6-7-28-14(26)17(4,5)18/h6-10H2,1-5H3,(H,19,23)(H,20,24)(H,21,25)(H,22,27). The fourth-order valence-electron chi connectivity index (χ4n) is 1.52. The number of carbonyl (C=O) groups excluding carboxylic acids is 5. The summed E-state index contributed by atoms with van der Waals surface area (Å²) in [5.74, 6) is -2.12. The molecular weight excluding hydrogens is 452 g/mol. The second-order valence-electron chi connectivity index (χ2n) is 7.37. The van der Waals surface area contributed by atoms with Gasteiger partial charge in [0.2, 0.25) is 17.7 Å². The minimum Gasteiger partial charge on any atom is -0.463 e. The van der Waals surface area contributed by atoms with Gasteiger partial charge in [0.25, 0.3) is 0 Å². The molecule has 0 aromatic rings. The quantitative estimate of drug-likeness (QED) is 0.188. The second-order valence-corrected chi connectivity index (χ2v) is 9.35. The highest BCUT2D eigenvalue weighted by molar-refractivity contribution is 9.10. The molecule has 0 aliphatic carbocycles. The molecule has 0 fully saturated rings. The summed E-state index contributed by atoms with van der Waals surface area (Å²) in [6, 6.07) is 0. The first-order chi connectivity index (χ1) is 13.2. The zero-order valence-electron chi connectivity index (χ0n) is 17.3. The van der Waals surface area contributed by atoms with Crippen LogP contribution in [0.1, 0.15) is 34.6 Å². The van der Waals surface area contributed by atoms with Gasteiger partial charge in [-0.3, -0.25) is 19.2 Å². The van der Waals surface area contributed by atoms with Crippen molar-refractivity contribution in [2.45, 2.75) is 44.5 Å². The van der Waals surface area contributed by atoms with E-state index in [0.29, 0.717) is 0 Å². The first-order valence-electron chi connectivity index (χ1n) is 8.84. The SMILES string of the molecule is CC(C)(C)OC(=O)NCC(=O)NCC(=O)NCC(=O)NCCOC(=O)C(C)(C)Br. The van der Waals surface area contributed by atoms with Crippen LogP contribution in [0.5, 0.6) is 0 Å². The molecule has 0 aliphatic heterocycles. The number of ether oxygens (including phenoxy) is 2. The summed E-state index contributed by atoms with van der Waals surface area (Å²) < 4.78 is 9.10.